The fourth-order valence-corrected chi connectivity index (χ4v) is 1.45. The van der Waals surface area contributed by atoms with Crippen LogP contribution in [0.3, 0.4) is 0 Å². The van der Waals surface area contributed by atoms with Gasteiger partial charge in [0.15, 0.2) is 0 Å². The Bertz CT molecular complexity index is 482. The lowest BCUT2D eigenvalue weighted by molar-refractivity contribution is 0.0523. The first-order valence-electron chi connectivity index (χ1n) is 5.78. The largest absolute Gasteiger partial charge is 0.444 e. The number of rotatable bonds is 2. The van der Waals surface area contributed by atoms with Gasteiger partial charge in [0, 0.05) is 6.54 Å². The van der Waals surface area contributed by atoms with Crippen molar-refractivity contribution in [1.82, 2.24) is 5.32 Å². The minimum atomic E-state index is -0.496. The second kappa shape index (κ2) is 5.54. The number of ether oxygens (including phenoxy) is 1. The van der Waals surface area contributed by atoms with E-state index in [-0.39, 0.29) is 0 Å². The lowest BCUT2D eigenvalue weighted by Crippen LogP contribution is -2.32. The fourth-order valence-electron chi connectivity index (χ4n) is 1.45. The van der Waals surface area contributed by atoms with Crippen LogP contribution in [0.25, 0.3) is 0 Å². The van der Waals surface area contributed by atoms with Crippen LogP contribution in [0.5, 0.6) is 0 Å². The Morgan fingerprint density at radius 1 is 1.44 bits per heavy atom. The van der Waals surface area contributed by atoms with Gasteiger partial charge < -0.3 is 10.1 Å². The Morgan fingerprint density at radius 2 is 2.11 bits per heavy atom. The summed E-state index contributed by atoms with van der Waals surface area (Å²) in [4.78, 5) is 11.5. The molecular weight excluding hydrogens is 228 g/mol. The molecule has 1 rings (SSSR count). The van der Waals surface area contributed by atoms with E-state index < -0.39 is 11.7 Å². The van der Waals surface area contributed by atoms with Crippen LogP contribution >= 0.6 is 0 Å². The lowest BCUT2D eigenvalue weighted by Gasteiger charge is -2.19. The quantitative estimate of drug-likeness (QED) is 0.872. The van der Waals surface area contributed by atoms with Crippen molar-refractivity contribution < 1.29 is 9.53 Å². The zero-order valence-electron chi connectivity index (χ0n) is 11.2. The van der Waals surface area contributed by atoms with Crippen LogP contribution in [0.4, 0.5) is 4.79 Å². The molecule has 0 atom stereocenters. The van der Waals surface area contributed by atoms with Crippen molar-refractivity contribution in [3.63, 3.8) is 0 Å². The summed E-state index contributed by atoms with van der Waals surface area (Å²) in [5.74, 6) is 0. The Kier molecular flexibility index (Phi) is 4.33. The monoisotopic (exact) mass is 246 g/mol. The molecule has 1 amide bonds. The van der Waals surface area contributed by atoms with Crippen LogP contribution in [0.2, 0.25) is 0 Å². The molecule has 0 spiro atoms. The van der Waals surface area contributed by atoms with E-state index in [0.29, 0.717) is 12.1 Å². The zero-order chi connectivity index (χ0) is 13.8. The highest BCUT2D eigenvalue weighted by atomic mass is 16.6. The summed E-state index contributed by atoms with van der Waals surface area (Å²) in [6.45, 7) is 7.76. The highest BCUT2D eigenvalue weighted by molar-refractivity contribution is 5.67. The minimum Gasteiger partial charge on any atom is -0.444 e. The van der Waals surface area contributed by atoms with Crippen LogP contribution in [-0.4, -0.2) is 11.7 Å². The third-order valence-electron chi connectivity index (χ3n) is 2.29. The van der Waals surface area contributed by atoms with E-state index in [2.05, 4.69) is 11.4 Å². The topological polar surface area (TPSA) is 62.1 Å². The molecule has 0 fully saturated rings. The predicted octanol–water partition coefficient (Wildman–Crippen LogP) is 2.89. The van der Waals surface area contributed by atoms with Gasteiger partial charge in [0.2, 0.25) is 0 Å². The number of amides is 1. The average molecular weight is 246 g/mol. The van der Waals surface area contributed by atoms with E-state index in [1.165, 1.54) is 0 Å². The number of benzene rings is 1. The molecule has 0 heterocycles. The van der Waals surface area contributed by atoms with E-state index in [1.54, 1.807) is 12.1 Å². The van der Waals surface area contributed by atoms with Crippen molar-refractivity contribution >= 4 is 6.09 Å². The maximum atomic E-state index is 11.5. The second-order valence-electron chi connectivity index (χ2n) is 5.11. The van der Waals surface area contributed by atoms with Gasteiger partial charge in [-0.15, -0.1) is 0 Å². The standard InChI is InChI=1S/C14H18N2O2/c1-10-7-11(8-15)5-6-12(10)9-16-13(17)18-14(2,3)4/h5-7H,9H2,1-4H3,(H,16,17). The van der Waals surface area contributed by atoms with Crippen molar-refractivity contribution in [2.45, 2.75) is 39.8 Å². The summed E-state index contributed by atoms with van der Waals surface area (Å²) in [5.41, 5.74) is 2.07. The van der Waals surface area contributed by atoms with Crippen LogP contribution in [0.1, 0.15) is 37.5 Å². The lowest BCUT2D eigenvalue weighted by atomic mass is 10.1. The third kappa shape index (κ3) is 4.46. The van der Waals surface area contributed by atoms with Crippen molar-refractivity contribution in [3.8, 4) is 6.07 Å². The van der Waals surface area contributed by atoms with E-state index in [1.807, 2.05) is 33.8 Å². The minimum absolute atomic E-state index is 0.395. The molecule has 4 heteroatoms. The zero-order valence-corrected chi connectivity index (χ0v) is 11.2. The van der Waals surface area contributed by atoms with Gasteiger partial charge in [0.1, 0.15) is 5.60 Å². The molecule has 18 heavy (non-hydrogen) atoms. The van der Waals surface area contributed by atoms with Gasteiger partial charge in [-0.3, -0.25) is 0 Å². The highest BCUT2D eigenvalue weighted by Crippen LogP contribution is 2.11. The van der Waals surface area contributed by atoms with Crippen LogP contribution in [0, 0.1) is 18.3 Å². The van der Waals surface area contributed by atoms with Crippen molar-refractivity contribution in [3.05, 3.63) is 34.9 Å². The first-order valence-corrected chi connectivity index (χ1v) is 5.78. The number of hydrogen-bond donors (Lipinski definition) is 1. The maximum Gasteiger partial charge on any atom is 0.407 e. The summed E-state index contributed by atoms with van der Waals surface area (Å²) >= 11 is 0. The molecule has 4 nitrogen and oxygen atoms in total. The van der Waals surface area contributed by atoms with Crippen molar-refractivity contribution in [2.75, 3.05) is 0 Å². The molecular formula is C14H18N2O2. The Hall–Kier alpha value is -2.02. The Balaban J connectivity index is 2.59. The number of hydrogen-bond acceptors (Lipinski definition) is 3. The average Bonchev–Trinajstić information content (AvgIpc) is 2.25. The number of aryl methyl sites for hydroxylation is 1. The van der Waals surface area contributed by atoms with E-state index in [0.717, 1.165) is 11.1 Å². The first kappa shape index (κ1) is 14.0. The number of carbonyl (C=O) groups excluding carboxylic acids is 1. The molecule has 0 aliphatic carbocycles. The number of nitriles is 1. The summed E-state index contributed by atoms with van der Waals surface area (Å²) in [5, 5.41) is 11.4. The van der Waals surface area contributed by atoms with Gasteiger partial charge in [-0.2, -0.15) is 5.26 Å². The highest BCUT2D eigenvalue weighted by Gasteiger charge is 2.15. The number of nitrogens with zero attached hydrogens (tertiary/aromatic N) is 1. The van der Waals surface area contributed by atoms with Crippen LogP contribution in [0.15, 0.2) is 18.2 Å². The molecule has 0 aliphatic heterocycles. The van der Waals surface area contributed by atoms with Crippen LogP contribution in [-0.2, 0) is 11.3 Å². The number of nitrogens with one attached hydrogen (secondary N) is 1. The third-order valence-corrected chi connectivity index (χ3v) is 2.29. The number of alkyl carbamates (subject to hydrolysis) is 1. The Morgan fingerprint density at radius 3 is 2.61 bits per heavy atom. The summed E-state index contributed by atoms with van der Waals surface area (Å²) in [6.07, 6.45) is -0.439. The van der Waals surface area contributed by atoms with E-state index in [4.69, 9.17) is 10.00 Å². The van der Waals surface area contributed by atoms with Crippen molar-refractivity contribution in [1.29, 1.82) is 5.26 Å². The molecule has 0 saturated carbocycles. The van der Waals surface area contributed by atoms with Gasteiger partial charge >= 0.3 is 6.09 Å². The molecule has 0 bridgehead atoms. The molecule has 96 valence electrons. The van der Waals surface area contributed by atoms with Gasteiger partial charge in [0.05, 0.1) is 11.6 Å². The summed E-state index contributed by atoms with van der Waals surface area (Å²) in [6, 6.07) is 7.45. The Labute approximate surface area is 108 Å². The summed E-state index contributed by atoms with van der Waals surface area (Å²) in [7, 11) is 0. The number of carbonyl (C=O) groups is 1. The molecule has 1 N–H and O–H groups in total. The molecule has 0 aromatic heterocycles. The molecule has 0 aliphatic rings. The summed E-state index contributed by atoms with van der Waals surface area (Å²) < 4.78 is 5.14. The molecule has 1 aromatic rings. The molecule has 0 radical (unpaired) electrons. The maximum absolute atomic E-state index is 11.5. The van der Waals surface area contributed by atoms with Crippen molar-refractivity contribution in [2.24, 2.45) is 0 Å². The normalized spacial score (nSPS) is 10.6. The molecule has 0 unspecified atom stereocenters. The van der Waals surface area contributed by atoms with E-state index in [9.17, 15) is 4.79 Å². The smallest absolute Gasteiger partial charge is 0.407 e. The predicted molar refractivity (Wildman–Crippen MR) is 69.0 cm³/mol. The second-order valence-corrected chi connectivity index (χ2v) is 5.11. The van der Waals surface area contributed by atoms with Crippen LogP contribution < -0.4 is 5.32 Å². The van der Waals surface area contributed by atoms with Gasteiger partial charge in [-0.25, -0.2) is 4.79 Å². The van der Waals surface area contributed by atoms with Gasteiger partial charge in [-0.1, -0.05) is 6.07 Å². The fraction of sp³-hybridized carbons (Fsp3) is 0.429. The van der Waals surface area contributed by atoms with Gasteiger partial charge in [-0.05, 0) is 51.0 Å². The van der Waals surface area contributed by atoms with Gasteiger partial charge in [0.25, 0.3) is 0 Å². The first-order chi connectivity index (χ1) is 8.31. The SMILES string of the molecule is Cc1cc(C#N)ccc1CNC(=O)OC(C)(C)C. The molecule has 1 aromatic carbocycles. The van der Waals surface area contributed by atoms with E-state index >= 15 is 0 Å². The molecule has 0 saturated heterocycles.